The van der Waals surface area contributed by atoms with Gasteiger partial charge in [0.2, 0.25) is 6.79 Å². The minimum atomic E-state index is -0.478. The molecule has 0 aromatic heterocycles. The molecule has 1 atom stereocenters. The standard InChI is InChI=1S/C21H20O6/c1-21(2)4-3-13-19-11(6-16(23)20(13)27-21)5-12(9-24-19)14-7-17-18(8-15(14)22)26-10-25-17/h3-4,6-8,12,22-23H,5,9-10H2,1-2H3/t12-/m1/s1. The number of phenols is 2. The van der Waals surface area contributed by atoms with Crippen molar-refractivity contribution in [3.8, 4) is 34.5 Å². The molecule has 0 saturated heterocycles. The van der Waals surface area contributed by atoms with Gasteiger partial charge in [0.25, 0.3) is 0 Å². The minimum Gasteiger partial charge on any atom is -0.508 e. The molecule has 5 rings (SSSR count). The number of phenolic OH excluding ortho intramolecular Hbond substituents is 2. The van der Waals surface area contributed by atoms with Gasteiger partial charge in [-0.05, 0) is 50.1 Å². The highest BCUT2D eigenvalue weighted by Gasteiger charge is 2.33. The molecule has 2 aromatic carbocycles. The van der Waals surface area contributed by atoms with Crippen molar-refractivity contribution in [2.75, 3.05) is 13.4 Å². The number of fused-ring (bicyclic) bond motifs is 4. The predicted molar refractivity (Wildman–Crippen MR) is 98.0 cm³/mol. The summed E-state index contributed by atoms with van der Waals surface area (Å²) in [7, 11) is 0. The molecule has 3 aliphatic heterocycles. The van der Waals surface area contributed by atoms with Crippen LogP contribution in [0, 0.1) is 0 Å². The maximum atomic E-state index is 10.5. The zero-order valence-corrected chi connectivity index (χ0v) is 15.1. The molecular formula is C21H20O6. The number of rotatable bonds is 1. The van der Waals surface area contributed by atoms with E-state index in [9.17, 15) is 10.2 Å². The second-order valence-electron chi connectivity index (χ2n) is 7.64. The van der Waals surface area contributed by atoms with Gasteiger partial charge in [-0.3, -0.25) is 0 Å². The van der Waals surface area contributed by atoms with E-state index >= 15 is 0 Å². The number of aromatic hydroxyl groups is 2. The summed E-state index contributed by atoms with van der Waals surface area (Å²) in [5, 5.41) is 20.9. The number of ether oxygens (including phenoxy) is 4. The van der Waals surface area contributed by atoms with Crippen LogP contribution in [0.2, 0.25) is 0 Å². The molecule has 2 aromatic rings. The second-order valence-corrected chi connectivity index (χ2v) is 7.64. The first kappa shape index (κ1) is 16.2. The maximum Gasteiger partial charge on any atom is 0.231 e. The fourth-order valence-electron chi connectivity index (χ4n) is 3.85. The van der Waals surface area contributed by atoms with Gasteiger partial charge >= 0.3 is 0 Å². The molecule has 0 aliphatic carbocycles. The van der Waals surface area contributed by atoms with E-state index in [4.69, 9.17) is 18.9 Å². The smallest absolute Gasteiger partial charge is 0.231 e. The molecule has 3 heterocycles. The summed E-state index contributed by atoms with van der Waals surface area (Å²) in [5.74, 6) is 2.54. The molecule has 0 bridgehead atoms. The number of benzene rings is 2. The fraction of sp³-hybridized carbons (Fsp3) is 0.333. The summed E-state index contributed by atoms with van der Waals surface area (Å²) >= 11 is 0. The average molecular weight is 368 g/mol. The van der Waals surface area contributed by atoms with E-state index in [-0.39, 0.29) is 24.2 Å². The van der Waals surface area contributed by atoms with E-state index in [1.54, 1.807) is 18.2 Å². The van der Waals surface area contributed by atoms with Crippen LogP contribution in [-0.2, 0) is 6.42 Å². The van der Waals surface area contributed by atoms with E-state index in [1.807, 2.05) is 26.0 Å². The van der Waals surface area contributed by atoms with Crippen molar-refractivity contribution < 1.29 is 29.2 Å². The molecule has 27 heavy (non-hydrogen) atoms. The molecule has 0 radical (unpaired) electrons. The van der Waals surface area contributed by atoms with Gasteiger partial charge in [0.15, 0.2) is 23.0 Å². The third-order valence-corrected chi connectivity index (χ3v) is 5.20. The summed E-state index contributed by atoms with van der Waals surface area (Å²) < 4.78 is 22.7. The van der Waals surface area contributed by atoms with Crippen molar-refractivity contribution in [2.24, 2.45) is 0 Å². The first-order chi connectivity index (χ1) is 12.9. The first-order valence-electron chi connectivity index (χ1n) is 8.94. The molecule has 0 unspecified atom stereocenters. The van der Waals surface area contributed by atoms with Crippen LogP contribution >= 0.6 is 0 Å². The summed E-state index contributed by atoms with van der Waals surface area (Å²) in [6.45, 7) is 4.44. The van der Waals surface area contributed by atoms with E-state index < -0.39 is 5.60 Å². The lowest BCUT2D eigenvalue weighted by molar-refractivity contribution is 0.150. The molecule has 0 saturated carbocycles. The van der Waals surface area contributed by atoms with Gasteiger partial charge in [0, 0.05) is 17.5 Å². The summed E-state index contributed by atoms with van der Waals surface area (Å²) in [6, 6.07) is 5.08. The van der Waals surface area contributed by atoms with Crippen molar-refractivity contribution in [3.05, 3.63) is 41.0 Å². The molecule has 0 spiro atoms. The predicted octanol–water partition coefficient (Wildman–Crippen LogP) is 3.73. The quantitative estimate of drug-likeness (QED) is 0.799. The van der Waals surface area contributed by atoms with Gasteiger partial charge < -0.3 is 29.2 Å². The number of hydrogen-bond donors (Lipinski definition) is 2. The van der Waals surface area contributed by atoms with Gasteiger partial charge in [0.1, 0.15) is 17.1 Å². The maximum absolute atomic E-state index is 10.5. The van der Waals surface area contributed by atoms with Crippen LogP contribution in [0.4, 0.5) is 0 Å². The van der Waals surface area contributed by atoms with E-state index in [0.717, 1.165) is 22.4 Å². The van der Waals surface area contributed by atoms with Crippen LogP contribution in [0.15, 0.2) is 24.3 Å². The minimum absolute atomic E-state index is 0.0608. The SMILES string of the molecule is CC1(C)C=Cc2c(c(O)cc3c2OC[C@H](c2cc4c(cc2O)OCO4)C3)O1. The Labute approximate surface area is 156 Å². The third kappa shape index (κ3) is 2.55. The van der Waals surface area contributed by atoms with E-state index in [0.29, 0.717) is 30.3 Å². The van der Waals surface area contributed by atoms with Gasteiger partial charge in [-0.2, -0.15) is 0 Å². The summed E-state index contributed by atoms with van der Waals surface area (Å²) in [4.78, 5) is 0. The Morgan fingerprint density at radius 2 is 1.74 bits per heavy atom. The molecule has 3 aliphatic rings. The molecule has 6 heteroatoms. The molecular weight excluding hydrogens is 348 g/mol. The summed E-state index contributed by atoms with van der Waals surface area (Å²) in [5.41, 5.74) is 1.91. The van der Waals surface area contributed by atoms with E-state index in [1.165, 1.54) is 0 Å². The highest BCUT2D eigenvalue weighted by Crippen LogP contribution is 2.49. The Morgan fingerprint density at radius 1 is 0.963 bits per heavy atom. The largest absolute Gasteiger partial charge is 0.508 e. The lowest BCUT2D eigenvalue weighted by atomic mass is 9.87. The van der Waals surface area contributed by atoms with Crippen molar-refractivity contribution in [1.29, 1.82) is 0 Å². The Balaban J connectivity index is 1.52. The Kier molecular flexibility index (Phi) is 3.29. The Bertz CT molecular complexity index is 975. The first-order valence-corrected chi connectivity index (χ1v) is 8.94. The molecule has 6 nitrogen and oxygen atoms in total. The summed E-state index contributed by atoms with van der Waals surface area (Å²) in [6.07, 6.45) is 4.52. The number of hydrogen-bond acceptors (Lipinski definition) is 6. The van der Waals surface area contributed by atoms with Gasteiger partial charge in [0.05, 0.1) is 12.2 Å². The Hall–Kier alpha value is -3.02. The van der Waals surface area contributed by atoms with Gasteiger partial charge in [-0.25, -0.2) is 0 Å². The molecule has 0 amide bonds. The lowest BCUT2D eigenvalue weighted by Gasteiger charge is -2.33. The Morgan fingerprint density at radius 3 is 2.56 bits per heavy atom. The van der Waals surface area contributed by atoms with Crippen LogP contribution in [0.5, 0.6) is 34.5 Å². The molecule has 2 N–H and O–H groups in total. The van der Waals surface area contributed by atoms with Gasteiger partial charge in [-0.1, -0.05) is 0 Å². The topological polar surface area (TPSA) is 77.4 Å². The average Bonchev–Trinajstić information content (AvgIpc) is 3.07. The van der Waals surface area contributed by atoms with Crippen molar-refractivity contribution in [3.63, 3.8) is 0 Å². The lowest BCUT2D eigenvalue weighted by Crippen LogP contribution is -2.28. The zero-order valence-electron chi connectivity index (χ0n) is 15.1. The molecule has 0 fully saturated rings. The van der Waals surface area contributed by atoms with Crippen molar-refractivity contribution in [1.82, 2.24) is 0 Å². The van der Waals surface area contributed by atoms with Crippen LogP contribution < -0.4 is 18.9 Å². The van der Waals surface area contributed by atoms with Crippen molar-refractivity contribution >= 4 is 6.08 Å². The highest BCUT2D eigenvalue weighted by molar-refractivity contribution is 5.73. The van der Waals surface area contributed by atoms with Crippen LogP contribution in [0.25, 0.3) is 6.08 Å². The zero-order chi connectivity index (χ0) is 18.8. The normalized spacial score (nSPS) is 21.0. The highest BCUT2D eigenvalue weighted by atomic mass is 16.7. The third-order valence-electron chi connectivity index (χ3n) is 5.20. The fourth-order valence-corrected chi connectivity index (χ4v) is 3.85. The second kappa shape index (κ2) is 5.49. The van der Waals surface area contributed by atoms with Crippen LogP contribution in [-0.4, -0.2) is 29.2 Å². The monoisotopic (exact) mass is 368 g/mol. The molecule has 140 valence electrons. The van der Waals surface area contributed by atoms with Crippen molar-refractivity contribution in [2.45, 2.75) is 31.8 Å². The van der Waals surface area contributed by atoms with E-state index in [2.05, 4.69) is 0 Å². The van der Waals surface area contributed by atoms with Gasteiger partial charge in [-0.15, -0.1) is 0 Å². The van der Waals surface area contributed by atoms with Crippen LogP contribution in [0.3, 0.4) is 0 Å². The van der Waals surface area contributed by atoms with Crippen LogP contribution in [0.1, 0.15) is 36.5 Å².